The molecule has 0 unspecified atom stereocenters. The van der Waals surface area contributed by atoms with Crippen molar-refractivity contribution in [1.29, 1.82) is 0 Å². The normalized spacial score (nSPS) is 13.0. The molecule has 1 aliphatic rings. The highest BCUT2D eigenvalue weighted by molar-refractivity contribution is 7.04. The first kappa shape index (κ1) is 42.4. The average Bonchev–Trinajstić information content (AvgIpc) is 4.19. The summed E-state index contributed by atoms with van der Waals surface area (Å²) in [7, 11) is -2.24. The Balaban J connectivity index is 0.873. The number of benzene rings is 9. The van der Waals surface area contributed by atoms with E-state index in [-0.39, 0.29) is 0 Å². The van der Waals surface area contributed by atoms with E-state index in [1.54, 1.807) is 0 Å². The van der Waals surface area contributed by atoms with Crippen LogP contribution in [-0.2, 0) is 0 Å². The molecule has 0 radical (unpaired) electrons. The van der Waals surface area contributed by atoms with Crippen LogP contribution in [0.1, 0.15) is 11.1 Å². The van der Waals surface area contributed by atoms with E-state index >= 15 is 0 Å². The van der Waals surface area contributed by atoms with Gasteiger partial charge in [0.1, 0.15) is 8.07 Å². The number of para-hydroxylation sites is 6. The van der Waals surface area contributed by atoms with Crippen LogP contribution in [0, 0.1) is 13.8 Å². The summed E-state index contributed by atoms with van der Waals surface area (Å²) in [5.41, 5.74) is 18.1. The Bertz CT molecular complexity index is 4430. The average molecular weight is 966 g/mol. The van der Waals surface area contributed by atoms with E-state index in [0.29, 0.717) is 17.7 Å². The van der Waals surface area contributed by atoms with E-state index in [2.05, 4.69) is 247 Å². The molecule has 9 aromatic carbocycles. The fourth-order valence-corrected chi connectivity index (χ4v) is 15.8. The molecule has 0 N–H and O–H groups in total. The summed E-state index contributed by atoms with van der Waals surface area (Å²) in [5, 5.41) is 9.93. The maximum atomic E-state index is 5.43. The Morgan fingerprint density at radius 3 is 1.41 bits per heavy atom. The zero-order valence-electron chi connectivity index (χ0n) is 41.3. The van der Waals surface area contributed by atoms with E-state index in [1.807, 2.05) is 6.20 Å². The van der Waals surface area contributed by atoms with Gasteiger partial charge in [-0.05, 0) is 136 Å². The molecule has 15 rings (SSSR count). The lowest BCUT2D eigenvalue weighted by atomic mass is 9.94. The predicted molar refractivity (Wildman–Crippen MR) is 309 cm³/mol. The van der Waals surface area contributed by atoms with Crippen molar-refractivity contribution in [3.05, 3.63) is 224 Å². The highest BCUT2D eigenvalue weighted by atomic mass is 28.3. The molecule has 0 fully saturated rings. The zero-order valence-corrected chi connectivity index (χ0v) is 42.3. The number of aromatic nitrogens is 7. The minimum Gasteiger partial charge on any atom is -0.309 e. The SMILES string of the molecule is Cc1cc(-c2nccc3c2[Si](C)(C)c2ccc(-c4ccc5c(c4)c4ccccc4n5-c4ccccc4)cc2-3)c(C)cc1-c1nc(-n2c3ccccc3c3ccccc32)nc(-n2c3ccccc3c3ccccc32)n1. The molecule has 14 aromatic rings. The summed E-state index contributed by atoms with van der Waals surface area (Å²) in [6, 6.07) is 74.5. The molecule has 0 saturated heterocycles. The Labute approximate surface area is 428 Å². The summed E-state index contributed by atoms with van der Waals surface area (Å²) in [6.07, 6.45) is 2.01. The monoisotopic (exact) mass is 965 g/mol. The Hall–Kier alpha value is -9.24. The molecular weight excluding hydrogens is 919 g/mol. The van der Waals surface area contributed by atoms with Crippen molar-refractivity contribution in [3.8, 4) is 62.5 Å². The lowest BCUT2D eigenvalue weighted by Crippen LogP contribution is -2.50. The van der Waals surface area contributed by atoms with Gasteiger partial charge in [0.2, 0.25) is 11.9 Å². The largest absolute Gasteiger partial charge is 0.309 e. The summed E-state index contributed by atoms with van der Waals surface area (Å²) >= 11 is 0. The van der Waals surface area contributed by atoms with Gasteiger partial charge in [-0.3, -0.25) is 14.1 Å². The number of fused-ring (bicyclic) bond motifs is 12. The minimum atomic E-state index is -2.24. The zero-order chi connectivity index (χ0) is 49.4. The quantitative estimate of drug-likeness (QED) is 0.156. The van der Waals surface area contributed by atoms with Crippen LogP contribution in [0.2, 0.25) is 13.1 Å². The summed E-state index contributed by atoms with van der Waals surface area (Å²) in [4.78, 5) is 21.5. The van der Waals surface area contributed by atoms with Crippen LogP contribution in [0.5, 0.6) is 0 Å². The molecule has 5 aromatic heterocycles. The van der Waals surface area contributed by atoms with Gasteiger partial charge in [-0.15, -0.1) is 0 Å². The highest BCUT2D eigenvalue weighted by Gasteiger charge is 2.40. The second-order valence-corrected chi connectivity index (χ2v) is 24.7. The third-order valence-electron chi connectivity index (χ3n) is 15.8. The van der Waals surface area contributed by atoms with Crippen molar-refractivity contribution in [1.82, 2.24) is 33.6 Å². The van der Waals surface area contributed by atoms with Gasteiger partial charge < -0.3 is 4.57 Å². The van der Waals surface area contributed by atoms with Gasteiger partial charge >= 0.3 is 0 Å². The van der Waals surface area contributed by atoms with E-state index < -0.39 is 8.07 Å². The van der Waals surface area contributed by atoms with Gasteiger partial charge in [-0.2, -0.15) is 15.0 Å². The summed E-state index contributed by atoms with van der Waals surface area (Å²) in [5.74, 6) is 1.75. The van der Waals surface area contributed by atoms with E-state index in [9.17, 15) is 0 Å². The molecule has 1 aliphatic heterocycles. The van der Waals surface area contributed by atoms with Crippen molar-refractivity contribution < 1.29 is 0 Å². The maximum Gasteiger partial charge on any atom is 0.240 e. The molecule has 0 amide bonds. The van der Waals surface area contributed by atoms with Crippen LogP contribution in [0.25, 0.3) is 128 Å². The minimum absolute atomic E-state index is 0.566. The number of aryl methyl sites for hydroxylation is 2. The molecule has 6 heterocycles. The van der Waals surface area contributed by atoms with Crippen LogP contribution in [0.15, 0.2) is 212 Å². The topological polar surface area (TPSA) is 66.3 Å². The molecule has 74 heavy (non-hydrogen) atoms. The first-order valence-corrected chi connectivity index (χ1v) is 28.4. The van der Waals surface area contributed by atoms with Crippen molar-refractivity contribution in [2.45, 2.75) is 26.9 Å². The Morgan fingerprint density at radius 2 is 0.824 bits per heavy atom. The number of rotatable bonds is 6. The summed E-state index contributed by atoms with van der Waals surface area (Å²) < 4.78 is 6.77. The van der Waals surface area contributed by atoms with Crippen LogP contribution >= 0.6 is 0 Å². The molecule has 0 spiro atoms. The first-order valence-electron chi connectivity index (χ1n) is 25.4. The van der Waals surface area contributed by atoms with Gasteiger partial charge in [0.25, 0.3) is 0 Å². The fraction of sp³-hybridized carbons (Fsp3) is 0.0606. The van der Waals surface area contributed by atoms with Crippen molar-refractivity contribution in [3.63, 3.8) is 0 Å². The molecule has 350 valence electrons. The number of pyridine rings is 1. The molecule has 0 aliphatic carbocycles. The van der Waals surface area contributed by atoms with Crippen LogP contribution in [0.4, 0.5) is 0 Å². The molecule has 7 nitrogen and oxygen atoms in total. The Kier molecular flexibility index (Phi) is 9.11. The predicted octanol–water partition coefficient (Wildman–Crippen LogP) is 15.0. The second-order valence-electron chi connectivity index (χ2n) is 20.4. The molecule has 8 heteroatoms. The lowest BCUT2D eigenvalue weighted by Gasteiger charge is -2.23. The summed E-state index contributed by atoms with van der Waals surface area (Å²) in [6.45, 7) is 9.37. The highest BCUT2D eigenvalue weighted by Crippen LogP contribution is 2.41. The standard InChI is InChI=1S/C66H47N7Si/c1-40-37-52(64-68-65(72-56-26-14-8-20-45(56)46-21-9-15-27-57(46)72)70-66(69-64)73-58-28-16-10-22-47(58)48-23-11-17-29-59(48)73)41(2)36-51(40)62-63-50(34-35-67-62)54-39-43(31-33-61(54)74(63,3)4)42-30-32-60-53(38-42)49-24-12-13-25-55(49)71(60)44-18-6-5-7-19-44/h5-39H,1-4H3. The fourth-order valence-electron chi connectivity index (χ4n) is 12.4. The van der Waals surface area contributed by atoms with Gasteiger partial charge in [-0.25, -0.2) is 0 Å². The van der Waals surface area contributed by atoms with Crippen molar-refractivity contribution in [2.75, 3.05) is 0 Å². The molecule has 0 bridgehead atoms. The lowest BCUT2D eigenvalue weighted by molar-refractivity contribution is 0.892. The smallest absolute Gasteiger partial charge is 0.240 e. The molecule has 0 saturated carbocycles. The number of nitrogens with zero attached hydrogens (tertiary/aromatic N) is 7. The van der Waals surface area contributed by atoms with Gasteiger partial charge in [0.15, 0.2) is 5.82 Å². The number of hydrogen-bond acceptors (Lipinski definition) is 4. The van der Waals surface area contributed by atoms with E-state index in [0.717, 1.165) is 77.2 Å². The first-order chi connectivity index (χ1) is 36.3. The maximum absolute atomic E-state index is 5.43. The van der Waals surface area contributed by atoms with Gasteiger partial charge in [0, 0.05) is 55.3 Å². The van der Waals surface area contributed by atoms with Crippen LogP contribution < -0.4 is 10.4 Å². The molecular formula is C66H47N7Si. The van der Waals surface area contributed by atoms with Crippen LogP contribution in [0.3, 0.4) is 0 Å². The number of hydrogen-bond donors (Lipinski definition) is 0. The molecule has 0 atom stereocenters. The third-order valence-corrected chi connectivity index (χ3v) is 19.4. The van der Waals surface area contributed by atoms with E-state index in [1.165, 1.54) is 54.4 Å². The van der Waals surface area contributed by atoms with Crippen molar-refractivity contribution >= 4 is 83.9 Å². The second kappa shape index (κ2) is 15.9. The Morgan fingerprint density at radius 1 is 0.365 bits per heavy atom. The van der Waals surface area contributed by atoms with Gasteiger partial charge in [0.05, 0.1) is 38.8 Å². The van der Waals surface area contributed by atoms with E-state index in [4.69, 9.17) is 19.9 Å². The van der Waals surface area contributed by atoms with Crippen LogP contribution in [-0.4, -0.2) is 41.7 Å². The third kappa shape index (κ3) is 6.12. The van der Waals surface area contributed by atoms with Gasteiger partial charge in [-0.1, -0.05) is 140 Å². The van der Waals surface area contributed by atoms with Crippen molar-refractivity contribution in [2.24, 2.45) is 0 Å².